The van der Waals surface area contributed by atoms with Crippen molar-refractivity contribution in [3.8, 4) is 23.0 Å². The highest BCUT2D eigenvalue weighted by molar-refractivity contribution is 6.30. The van der Waals surface area contributed by atoms with Crippen LogP contribution in [0.5, 0.6) is 23.0 Å². The number of halogens is 6. The lowest BCUT2D eigenvalue weighted by atomic mass is 10.2. The zero-order valence-corrected chi connectivity index (χ0v) is 19.2. The molecule has 0 spiro atoms. The lowest BCUT2D eigenvalue weighted by molar-refractivity contribution is -0.391. The summed E-state index contributed by atoms with van der Waals surface area (Å²) in [7, 11) is 0. The molecule has 3 rings (SSSR count). The summed E-state index contributed by atoms with van der Waals surface area (Å²) in [5.74, 6) is -4.27. The molecule has 0 unspecified atom stereocenters. The van der Waals surface area contributed by atoms with E-state index < -0.39 is 67.0 Å². The average Bonchev–Trinajstić information content (AvgIpc) is 2.82. The molecule has 0 bridgehead atoms. The maximum Gasteiger partial charge on any atom is 0.507 e. The number of rotatable bonds is 10. The van der Waals surface area contributed by atoms with Gasteiger partial charge in [-0.15, -0.1) is 0 Å². The van der Waals surface area contributed by atoms with Gasteiger partial charge in [-0.3, -0.25) is 14.4 Å². The van der Waals surface area contributed by atoms with Gasteiger partial charge in [0.05, 0.1) is 18.2 Å². The first-order valence-electron chi connectivity index (χ1n) is 10.1. The van der Waals surface area contributed by atoms with Crippen molar-refractivity contribution in [3.05, 3.63) is 47.2 Å². The Labute approximate surface area is 209 Å². The van der Waals surface area contributed by atoms with Crippen LogP contribution in [0.2, 0.25) is 5.02 Å². The van der Waals surface area contributed by atoms with E-state index >= 15 is 0 Å². The van der Waals surface area contributed by atoms with Gasteiger partial charge in [0.1, 0.15) is 17.3 Å². The smallest absolute Gasteiger partial charge is 0.484 e. The fourth-order valence-corrected chi connectivity index (χ4v) is 2.70. The first-order chi connectivity index (χ1) is 17.4. The van der Waals surface area contributed by atoms with Crippen LogP contribution in [0.25, 0.3) is 0 Å². The molecule has 1 heterocycles. The molecule has 0 aromatic heterocycles. The van der Waals surface area contributed by atoms with Gasteiger partial charge in [0.25, 0.3) is 11.8 Å². The van der Waals surface area contributed by atoms with Gasteiger partial charge in [-0.2, -0.15) is 17.6 Å². The number of carbonyl (C=O) groups excluding carboxylic acids is 3. The van der Waals surface area contributed by atoms with Crippen LogP contribution in [0.4, 0.5) is 22.0 Å². The Balaban J connectivity index is 1.32. The number of fused-ring (bicyclic) bond motifs is 1. The second-order valence-electron chi connectivity index (χ2n) is 7.15. The quantitative estimate of drug-likeness (QED) is 0.304. The SMILES string of the molecule is O=C(CNC(=O)COc1ccc(Cl)c(F)c1)NCNC(=O)COc1ccc2c(c1)OC(F)(F)C(F)(F)O2. The number of ether oxygens (including phenoxy) is 4. The molecule has 0 radical (unpaired) electrons. The van der Waals surface area contributed by atoms with Gasteiger partial charge in [-0.25, -0.2) is 4.39 Å². The predicted octanol–water partition coefficient (Wildman–Crippen LogP) is 2.20. The van der Waals surface area contributed by atoms with Crippen molar-refractivity contribution in [3.63, 3.8) is 0 Å². The number of nitrogens with one attached hydrogen (secondary N) is 3. The van der Waals surface area contributed by atoms with Crippen LogP contribution in [0.1, 0.15) is 0 Å². The number of carbonyl (C=O) groups is 3. The van der Waals surface area contributed by atoms with Crippen molar-refractivity contribution < 1.29 is 55.3 Å². The summed E-state index contributed by atoms with van der Waals surface area (Å²) in [5.41, 5.74) is 0. The van der Waals surface area contributed by atoms with E-state index in [1.54, 1.807) is 0 Å². The Kier molecular flexibility index (Phi) is 8.47. The maximum atomic E-state index is 13.3. The summed E-state index contributed by atoms with van der Waals surface area (Å²) in [6.45, 7) is -1.92. The Morgan fingerprint density at radius 1 is 0.784 bits per heavy atom. The highest BCUT2D eigenvalue weighted by Gasteiger charge is 2.65. The molecular formula is C21H17ClF5N3O7. The lowest BCUT2D eigenvalue weighted by Gasteiger charge is -2.31. The molecule has 1 aliphatic rings. The van der Waals surface area contributed by atoms with Crippen LogP contribution in [0.3, 0.4) is 0 Å². The molecule has 0 aliphatic carbocycles. The van der Waals surface area contributed by atoms with Gasteiger partial charge in [-0.05, 0) is 24.3 Å². The van der Waals surface area contributed by atoms with Crippen LogP contribution in [0.15, 0.2) is 36.4 Å². The van der Waals surface area contributed by atoms with E-state index in [0.717, 1.165) is 24.3 Å². The number of alkyl halides is 4. The van der Waals surface area contributed by atoms with E-state index in [1.807, 2.05) is 0 Å². The third-order valence-corrected chi connectivity index (χ3v) is 4.68. The number of benzene rings is 2. The predicted molar refractivity (Wildman–Crippen MR) is 114 cm³/mol. The van der Waals surface area contributed by atoms with Crippen LogP contribution in [-0.2, 0) is 14.4 Å². The molecule has 3 amide bonds. The topological polar surface area (TPSA) is 124 Å². The number of hydrogen-bond donors (Lipinski definition) is 3. The molecule has 1 aliphatic heterocycles. The summed E-state index contributed by atoms with van der Waals surface area (Å²) in [6, 6.07) is 6.42. The standard InChI is InChI=1S/C21H17ClF5N3O7/c22-13-3-1-11(5-14(13)23)34-8-18(32)28-7-17(31)29-10-30-19(33)9-35-12-2-4-15-16(6-12)37-21(26,27)20(24,25)36-15/h1-6H,7-10H2,(H,28,32)(H,29,31)(H,30,33). The first kappa shape index (κ1) is 27.6. The highest BCUT2D eigenvalue weighted by atomic mass is 35.5. The second-order valence-corrected chi connectivity index (χ2v) is 7.56. The Hall–Kier alpha value is -4.01. The monoisotopic (exact) mass is 553 g/mol. The second kappa shape index (κ2) is 11.4. The van der Waals surface area contributed by atoms with E-state index in [4.69, 9.17) is 21.1 Å². The van der Waals surface area contributed by atoms with Crippen molar-refractivity contribution in [2.75, 3.05) is 26.4 Å². The Bertz CT molecular complexity index is 1190. The highest BCUT2D eigenvalue weighted by Crippen LogP contribution is 2.47. The molecule has 0 atom stereocenters. The van der Waals surface area contributed by atoms with Gasteiger partial charge in [0.15, 0.2) is 24.7 Å². The summed E-state index contributed by atoms with van der Waals surface area (Å²) in [4.78, 5) is 35.3. The third kappa shape index (κ3) is 7.49. The normalized spacial score (nSPS) is 14.8. The zero-order valence-electron chi connectivity index (χ0n) is 18.4. The number of amides is 3. The van der Waals surface area contributed by atoms with Gasteiger partial charge in [0, 0.05) is 12.1 Å². The maximum absolute atomic E-state index is 13.3. The van der Waals surface area contributed by atoms with Crippen molar-refractivity contribution in [2.24, 2.45) is 0 Å². The van der Waals surface area contributed by atoms with E-state index in [0.29, 0.717) is 0 Å². The molecule has 0 saturated carbocycles. The van der Waals surface area contributed by atoms with Gasteiger partial charge in [-0.1, -0.05) is 11.6 Å². The fourth-order valence-electron chi connectivity index (χ4n) is 2.59. The molecule has 3 N–H and O–H groups in total. The Morgan fingerprint density at radius 2 is 1.32 bits per heavy atom. The van der Waals surface area contributed by atoms with Gasteiger partial charge >= 0.3 is 12.2 Å². The third-order valence-electron chi connectivity index (χ3n) is 4.38. The van der Waals surface area contributed by atoms with Crippen molar-refractivity contribution in [1.29, 1.82) is 0 Å². The summed E-state index contributed by atoms with van der Waals surface area (Å²) in [6.07, 6.45) is -9.77. The molecule has 10 nitrogen and oxygen atoms in total. The van der Waals surface area contributed by atoms with Gasteiger partial charge < -0.3 is 34.9 Å². The zero-order chi connectivity index (χ0) is 27.2. The largest absolute Gasteiger partial charge is 0.507 e. The van der Waals surface area contributed by atoms with E-state index in [2.05, 4.69) is 25.4 Å². The summed E-state index contributed by atoms with van der Waals surface area (Å²) >= 11 is 5.53. The Morgan fingerprint density at radius 3 is 1.97 bits per heavy atom. The first-order valence-corrected chi connectivity index (χ1v) is 10.5. The minimum atomic E-state index is -4.91. The minimum absolute atomic E-state index is 0.0576. The number of hydrogen-bond acceptors (Lipinski definition) is 7. The van der Waals surface area contributed by atoms with Crippen LogP contribution in [0, 0.1) is 5.82 Å². The van der Waals surface area contributed by atoms with E-state index in [9.17, 15) is 36.3 Å². The average molecular weight is 554 g/mol. The molecule has 37 heavy (non-hydrogen) atoms. The van der Waals surface area contributed by atoms with Crippen LogP contribution >= 0.6 is 11.6 Å². The molecule has 200 valence electrons. The molecule has 16 heteroatoms. The van der Waals surface area contributed by atoms with Crippen molar-refractivity contribution >= 4 is 29.3 Å². The molecule has 2 aromatic carbocycles. The fraction of sp³-hybridized carbons (Fsp3) is 0.286. The summed E-state index contributed by atoms with van der Waals surface area (Å²) in [5, 5.41) is 6.66. The van der Waals surface area contributed by atoms with Crippen LogP contribution in [-0.4, -0.2) is 56.4 Å². The lowest BCUT2D eigenvalue weighted by Crippen LogP contribution is -2.52. The van der Waals surface area contributed by atoms with Crippen LogP contribution < -0.4 is 34.9 Å². The molecule has 2 aromatic rings. The van der Waals surface area contributed by atoms with Crippen molar-refractivity contribution in [2.45, 2.75) is 12.2 Å². The van der Waals surface area contributed by atoms with E-state index in [1.165, 1.54) is 12.1 Å². The van der Waals surface area contributed by atoms with Crippen molar-refractivity contribution in [1.82, 2.24) is 16.0 Å². The minimum Gasteiger partial charge on any atom is -0.484 e. The molecule has 0 saturated heterocycles. The van der Waals surface area contributed by atoms with Gasteiger partial charge in [0.2, 0.25) is 5.91 Å². The molecular weight excluding hydrogens is 537 g/mol. The molecule has 0 fully saturated rings. The summed E-state index contributed by atoms with van der Waals surface area (Å²) < 4.78 is 84.2. The van der Waals surface area contributed by atoms with E-state index in [-0.39, 0.29) is 23.2 Å².